The Morgan fingerprint density at radius 3 is 2.92 bits per heavy atom. The fraction of sp³-hybridized carbons (Fsp3) is 0.421. The van der Waals surface area contributed by atoms with Crippen LogP contribution in [0.25, 0.3) is 6.08 Å². The molecule has 7 heteroatoms. The summed E-state index contributed by atoms with van der Waals surface area (Å²) in [5.41, 5.74) is 3.63. The van der Waals surface area contributed by atoms with Crippen molar-refractivity contribution in [2.45, 2.75) is 37.6 Å². The molecular weight excluding hydrogens is 368 g/mol. The van der Waals surface area contributed by atoms with Crippen LogP contribution in [-0.2, 0) is 9.59 Å². The lowest BCUT2D eigenvalue weighted by Gasteiger charge is -2.30. The Bertz CT molecular complexity index is 836. The first-order valence-corrected chi connectivity index (χ1v) is 10.0. The fourth-order valence-electron chi connectivity index (χ4n) is 4.32. The second-order valence-corrected chi connectivity index (χ2v) is 8.72. The van der Waals surface area contributed by atoms with E-state index < -0.39 is 5.97 Å². The second kappa shape index (κ2) is 6.70. The summed E-state index contributed by atoms with van der Waals surface area (Å²) < 4.78 is 0.303. The first-order valence-electron chi connectivity index (χ1n) is 8.79. The molecular formula is C19H20N2O3S2. The number of nitrogens with zero attached hydrogens (tertiary/aromatic N) is 2. The van der Waals surface area contributed by atoms with Gasteiger partial charge < -0.3 is 10.0 Å². The summed E-state index contributed by atoms with van der Waals surface area (Å²) in [6.07, 6.45) is 6.84. The molecule has 1 aromatic carbocycles. The van der Waals surface area contributed by atoms with Gasteiger partial charge in [0.25, 0.3) is 5.91 Å². The number of anilines is 1. The highest BCUT2D eigenvalue weighted by atomic mass is 32.2. The Hall–Kier alpha value is -1.86. The van der Waals surface area contributed by atoms with Gasteiger partial charge in [-0.3, -0.25) is 14.5 Å². The van der Waals surface area contributed by atoms with E-state index in [0.29, 0.717) is 21.2 Å². The van der Waals surface area contributed by atoms with Crippen LogP contribution >= 0.6 is 24.0 Å². The van der Waals surface area contributed by atoms with Gasteiger partial charge in [-0.25, -0.2) is 0 Å². The number of benzene rings is 1. The monoisotopic (exact) mass is 388 g/mol. The number of fused-ring (bicyclic) bond motifs is 3. The molecule has 2 heterocycles. The smallest absolute Gasteiger partial charge is 0.323 e. The van der Waals surface area contributed by atoms with Crippen molar-refractivity contribution in [3.05, 3.63) is 34.2 Å². The molecule has 0 spiro atoms. The summed E-state index contributed by atoms with van der Waals surface area (Å²) in [4.78, 5) is 27.4. The van der Waals surface area contributed by atoms with Crippen molar-refractivity contribution in [2.75, 3.05) is 18.5 Å². The molecule has 2 fully saturated rings. The van der Waals surface area contributed by atoms with Crippen LogP contribution in [0.15, 0.2) is 23.1 Å². The number of aliphatic carboxylic acids is 1. The van der Waals surface area contributed by atoms with Gasteiger partial charge in [0.15, 0.2) is 0 Å². The van der Waals surface area contributed by atoms with Crippen molar-refractivity contribution < 1.29 is 14.7 Å². The molecule has 2 unspecified atom stereocenters. The molecule has 1 saturated carbocycles. The van der Waals surface area contributed by atoms with Gasteiger partial charge in [-0.1, -0.05) is 42.9 Å². The van der Waals surface area contributed by atoms with Crippen molar-refractivity contribution in [2.24, 2.45) is 0 Å². The molecule has 1 N–H and O–H groups in total. The average molecular weight is 389 g/mol. The topological polar surface area (TPSA) is 60.9 Å². The van der Waals surface area contributed by atoms with Gasteiger partial charge in [-0.2, -0.15) is 0 Å². The maximum Gasteiger partial charge on any atom is 0.323 e. The number of hydrogen-bond acceptors (Lipinski definition) is 5. The van der Waals surface area contributed by atoms with Crippen LogP contribution in [0.2, 0.25) is 0 Å². The van der Waals surface area contributed by atoms with Crippen molar-refractivity contribution in [1.29, 1.82) is 0 Å². The Kier molecular flexibility index (Phi) is 4.52. The van der Waals surface area contributed by atoms with Gasteiger partial charge in [-0.15, -0.1) is 0 Å². The van der Waals surface area contributed by atoms with Gasteiger partial charge in [0.2, 0.25) is 0 Å². The third kappa shape index (κ3) is 2.93. The van der Waals surface area contributed by atoms with Crippen LogP contribution in [0.5, 0.6) is 0 Å². The molecule has 1 aliphatic carbocycles. The van der Waals surface area contributed by atoms with Crippen LogP contribution in [0.1, 0.15) is 42.7 Å². The van der Waals surface area contributed by atoms with Crippen molar-refractivity contribution in [3.8, 4) is 0 Å². The van der Waals surface area contributed by atoms with Crippen LogP contribution in [-0.4, -0.2) is 45.8 Å². The highest BCUT2D eigenvalue weighted by molar-refractivity contribution is 8.26. The van der Waals surface area contributed by atoms with E-state index in [-0.39, 0.29) is 12.5 Å². The molecule has 2 aliphatic heterocycles. The molecule has 136 valence electrons. The number of carbonyl (C=O) groups is 2. The first kappa shape index (κ1) is 17.5. The zero-order valence-electron chi connectivity index (χ0n) is 14.5. The van der Waals surface area contributed by atoms with Gasteiger partial charge in [0.05, 0.1) is 4.91 Å². The minimum Gasteiger partial charge on any atom is -0.480 e. The SMILES string of the molecule is CN1c2ccc(/C=C3\SC(=S)N(CC(=O)O)C3=O)cc2C2CCCCC21. The summed E-state index contributed by atoms with van der Waals surface area (Å²) in [6, 6.07) is 6.93. The fourth-order valence-corrected chi connectivity index (χ4v) is 5.58. The predicted octanol–water partition coefficient (Wildman–Crippen LogP) is 3.45. The number of thioether (sulfide) groups is 1. The third-order valence-corrected chi connectivity index (χ3v) is 6.90. The largest absolute Gasteiger partial charge is 0.480 e. The second-order valence-electron chi connectivity index (χ2n) is 7.05. The quantitative estimate of drug-likeness (QED) is 0.632. The first-order chi connectivity index (χ1) is 12.5. The van der Waals surface area contributed by atoms with E-state index in [1.165, 1.54) is 48.7 Å². The Balaban J connectivity index is 1.63. The Labute approximate surface area is 162 Å². The molecule has 5 nitrogen and oxygen atoms in total. The van der Waals surface area contributed by atoms with Crippen LogP contribution < -0.4 is 4.90 Å². The predicted molar refractivity (Wildman–Crippen MR) is 107 cm³/mol. The lowest BCUT2D eigenvalue weighted by Crippen LogP contribution is -2.33. The maximum absolute atomic E-state index is 12.4. The third-order valence-electron chi connectivity index (χ3n) is 5.52. The van der Waals surface area contributed by atoms with Crippen LogP contribution in [0.4, 0.5) is 5.69 Å². The van der Waals surface area contributed by atoms with Crippen molar-refractivity contribution in [3.63, 3.8) is 0 Å². The highest BCUT2D eigenvalue weighted by Crippen LogP contribution is 2.47. The average Bonchev–Trinajstić information content (AvgIpc) is 3.04. The number of rotatable bonds is 3. The Morgan fingerprint density at radius 2 is 2.15 bits per heavy atom. The van der Waals surface area contributed by atoms with E-state index in [9.17, 15) is 9.59 Å². The zero-order valence-corrected chi connectivity index (χ0v) is 16.1. The molecule has 0 radical (unpaired) electrons. The van der Waals surface area contributed by atoms with Gasteiger partial charge in [0.1, 0.15) is 10.9 Å². The molecule has 2 atom stereocenters. The Morgan fingerprint density at radius 1 is 1.38 bits per heavy atom. The van der Waals surface area contributed by atoms with Gasteiger partial charge in [0, 0.05) is 24.7 Å². The number of likely N-dealkylation sites (N-methyl/N-ethyl adjacent to an activating group) is 1. The molecule has 4 rings (SSSR count). The zero-order chi connectivity index (χ0) is 18.4. The molecule has 1 aromatic rings. The van der Waals surface area contributed by atoms with Crippen molar-refractivity contribution in [1.82, 2.24) is 4.90 Å². The molecule has 1 amide bonds. The lowest BCUT2D eigenvalue weighted by atomic mass is 9.82. The molecule has 0 bridgehead atoms. The van der Waals surface area contributed by atoms with Gasteiger partial charge >= 0.3 is 5.97 Å². The summed E-state index contributed by atoms with van der Waals surface area (Å²) in [7, 11) is 2.17. The maximum atomic E-state index is 12.4. The van der Waals surface area contributed by atoms with E-state index >= 15 is 0 Å². The number of carbonyl (C=O) groups excluding carboxylic acids is 1. The highest BCUT2D eigenvalue weighted by Gasteiger charge is 2.38. The number of hydrogen-bond donors (Lipinski definition) is 1. The molecule has 0 aromatic heterocycles. The summed E-state index contributed by atoms with van der Waals surface area (Å²) in [5, 5.41) is 8.94. The molecule has 3 aliphatic rings. The standard InChI is InChI=1S/C19H20N2O3S2/c1-20-14-5-3-2-4-12(14)13-8-11(6-7-15(13)20)9-16-18(24)21(10-17(22)23)19(25)26-16/h6-9,12,14H,2-5,10H2,1H3,(H,22,23)/b16-9-. The van der Waals surface area contributed by atoms with E-state index in [0.717, 1.165) is 10.5 Å². The van der Waals surface area contributed by atoms with E-state index in [1.807, 2.05) is 12.1 Å². The lowest BCUT2D eigenvalue weighted by molar-refractivity contribution is -0.140. The summed E-state index contributed by atoms with van der Waals surface area (Å²) in [5.74, 6) is -0.819. The van der Waals surface area contributed by atoms with E-state index in [4.69, 9.17) is 17.3 Å². The normalized spacial score (nSPS) is 26.4. The number of carboxylic acid groups (broad SMARTS) is 1. The molecule has 26 heavy (non-hydrogen) atoms. The number of thiocarbonyl (C=S) groups is 1. The minimum absolute atomic E-state index is 0.303. The number of amides is 1. The van der Waals surface area contributed by atoms with E-state index in [2.05, 4.69) is 24.1 Å². The van der Waals surface area contributed by atoms with Crippen LogP contribution in [0.3, 0.4) is 0 Å². The van der Waals surface area contributed by atoms with Crippen LogP contribution in [0, 0.1) is 0 Å². The number of carboxylic acids is 1. The summed E-state index contributed by atoms with van der Waals surface area (Å²) >= 11 is 6.33. The molecule has 1 saturated heterocycles. The minimum atomic E-state index is -1.06. The van der Waals surface area contributed by atoms with E-state index in [1.54, 1.807) is 0 Å². The van der Waals surface area contributed by atoms with Gasteiger partial charge in [-0.05, 0) is 42.2 Å². The summed E-state index contributed by atoms with van der Waals surface area (Å²) in [6.45, 7) is -0.388. The van der Waals surface area contributed by atoms with Crippen molar-refractivity contribution >= 4 is 51.9 Å².